The van der Waals surface area contributed by atoms with E-state index in [1.165, 1.54) is 21.5 Å². The van der Waals surface area contributed by atoms with Crippen molar-refractivity contribution in [1.82, 2.24) is 0 Å². The standard InChI is InChI=1S/C88H66O8/c89-45-47-91-77-39-31-59-15-5-9-21-71(59)83(77)85-73-23-11-7-17-61(73)33-41-79(85)93-49-51-95-81-43-35-69-55-67(65-27-25-57-13-1-3-19-63(57)53-65)29-37-75(69)87(81)88-76-38-30-68(66-28-26-58-14-2-4-20-64(58)54-66)56-70(76)36-44-82(88)96-52-50-94-80-42-34-62-18-8-12-24-74(62)86(80)84-72-22-10-6-16-60(72)32-40-78(84)92-48-46-90/h1-44,53-56,89-90H,45-52H2. The maximum atomic E-state index is 9.98. The largest absolute Gasteiger partial charge is 0.491 e. The molecule has 466 valence electrons. The van der Waals surface area contributed by atoms with Crippen LogP contribution in [0.1, 0.15) is 0 Å². The van der Waals surface area contributed by atoms with E-state index in [-0.39, 0.29) is 52.9 Å². The summed E-state index contributed by atoms with van der Waals surface area (Å²) in [5, 5.41) is 37.0. The molecule has 16 aromatic carbocycles. The van der Waals surface area contributed by atoms with Crippen LogP contribution in [0.4, 0.5) is 0 Å². The molecule has 16 rings (SSSR count). The van der Waals surface area contributed by atoms with E-state index in [2.05, 4.69) is 218 Å². The average Bonchev–Trinajstić information content (AvgIpc) is 0.780. The van der Waals surface area contributed by atoms with Crippen molar-refractivity contribution in [3.05, 3.63) is 291 Å². The first-order chi connectivity index (χ1) is 47.5. The monoisotopic (exact) mass is 1250 g/mol. The molecule has 0 heterocycles. The van der Waals surface area contributed by atoms with Crippen LogP contribution in [-0.2, 0) is 0 Å². The van der Waals surface area contributed by atoms with Crippen LogP contribution in [0.2, 0.25) is 0 Å². The van der Waals surface area contributed by atoms with Gasteiger partial charge in [0.05, 0.1) is 13.2 Å². The fourth-order valence-corrected chi connectivity index (χ4v) is 13.9. The van der Waals surface area contributed by atoms with Crippen molar-refractivity contribution in [2.45, 2.75) is 0 Å². The first kappa shape index (κ1) is 59.3. The number of fused-ring (bicyclic) bond motifs is 8. The molecule has 2 N–H and O–H groups in total. The summed E-state index contributed by atoms with van der Waals surface area (Å²) in [6.07, 6.45) is 0. The fraction of sp³-hybridized carbons (Fsp3) is 0.0909. The van der Waals surface area contributed by atoms with Crippen molar-refractivity contribution >= 4 is 86.2 Å². The van der Waals surface area contributed by atoms with Gasteiger partial charge in [-0.05, 0) is 169 Å². The molecule has 16 aromatic rings. The average molecular weight is 1250 g/mol. The minimum Gasteiger partial charge on any atom is -0.491 e. The van der Waals surface area contributed by atoms with Crippen molar-refractivity contribution in [1.29, 1.82) is 0 Å². The van der Waals surface area contributed by atoms with Crippen molar-refractivity contribution in [2.24, 2.45) is 0 Å². The highest BCUT2D eigenvalue weighted by Crippen LogP contribution is 2.50. The number of benzene rings is 16. The Kier molecular flexibility index (Phi) is 16.3. The first-order valence-corrected chi connectivity index (χ1v) is 32.7. The second-order valence-corrected chi connectivity index (χ2v) is 24.1. The molecule has 0 saturated carbocycles. The summed E-state index contributed by atoms with van der Waals surface area (Å²) in [4.78, 5) is 0. The van der Waals surface area contributed by atoms with Gasteiger partial charge in [0.1, 0.15) is 74.1 Å². The summed E-state index contributed by atoms with van der Waals surface area (Å²) in [6, 6.07) is 102. The number of hydrogen-bond acceptors (Lipinski definition) is 8. The Balaban J connectivity index is 0.804. The SMILES string of the molecule is OCCOc1ccc2ccccc2c1-c1c(OCCOc2ccc3cc(-c4ccc5ccccc5c4)ccc3c2-c2c(OCCOc3ccc4ccccc4c3-c3c(OCCO)ccc4ccccc34)ccc3cc(-c4ccc5ccccc5c4)ccc23)ccc2ccccc12. The summed E-state index contributed by atoms with van der Waals surface area (Å²) < 4.78 is 40.9. The van der Waals surface area contributed by atoms with E-state index in [0.717, 1.165) is 120 Å². The molecular weight excluding hydrogens is 1180 g/mol. The number of aliphatic hydroxyl groups is 2. The topological polar surface area (TPSA) is 95.8 Å². The lowest BCUT2D eigenvalue weighted by atomic mass is 9.89. The van der Waals surface area contributed by atoms with Gasteiger partial charge in [-0.3, -0.25) is 0 Å². The van der Waals surface area contributed by atoms with Gasteiger partial charge in [-0.2, -0.15) is 0 Å². The minimum absolute atomic E-state index is 0.122. The zero-order valence-electron chi connectivity index (χ0n) is 52.7. The van der Waals surface area contributed by atoms with Crippen LogP contribution < -0.4 is 28.4 Å². The Hall–Kier alpha value is -11.7. The van der Waals surface area contributed by atoms with Crippen LogP contribution >= 0.6 is 0 Å². The Morgan fingerprint density at radius 2 is 0.385 bits per heavy atom. The molecule has 0 unspecified atom stereocenters. The summed E-state index contributed by atoms with van der Waals surface area (Å²) in [7, 11) is 0. The zero-order valence-corrected chi connectivity index (χ0v) is 52.7. The Morgan fingerprint density at radius 3 is 0.677 bits per heavy atom. The van der Waals surface area contributed by atoms with E-state index >= 15 is 0 Å². The van der Waals surface area contributed by atoms with Gasteiger partial charge >= 0.3 is 0 Å². The van der Waals surface area contributed by atoms with Crippen LogP contribution in [0.5, 0.6) is 34.5 Å². The predicted molar refractivity (Wildman–Crippen MR) is 394 cm³/mol. The maximum absolute atomic E-state index is 9.98. The lowest BCUT2D eigenvalue weighted by Gasteiger charge is -2.22. The molecule has 96 heavy (non-hydrogen) atoms. The molecule has 0 spiro atoms. The lowest BCUT2D eigenvalue weighted by molar-refractivity contribution is 0.202. The predicted octanol–water partition coefficient (Wildman–Crippen LogP) is 20.9. The fourth-order valence-electron chi connectivity index (χ4n) is 13.9. The van der Waals surface area contributed by atoms with E-state index in [1.54, 1.807) is 0 Å². The van der Waals surface area contributed by atoms with Crippen molar-refractivity contribution in [2.75, 3.05) is 52.9 Å². The van der Waals surface area contributed by atoms with Crippen LogP contribution in [-0.4, -0.2) is 63.1 Å². The Labute approximate surface area is 555 Å². The van der Waals surface area contributed by atoms with Crippen LogP contribution in [0, 0.1) is 0 Å². The highest BCUT2D eigenvalue weighted by Gasteiger charge is 2.24. The number of aliphatic hydroxyl groups excluding tert-OH is 2. The second kappa shape index (κ2) is 26.4. The maximum Gasteiger partial charge on any atom is 0.128 e. The Bertz CT molecular complexity index is 5270. The zero-order chi connectivity index (χ0) is 64.3. The van der Waals surface area contributed by atoms with Gasteiger partial charge in [0.25, 0.3) is 0 Å². The van der Waals surface area contributed by atoms with Gasteiger partial charge < -0.3 is 38.6 Å². The van der Waals surface area contributed by atoms with Gasteiger partial charge in [-0.25, -0.2) is 0 Å². The van der Waals surface area contributed by atoms with Gasteiger partial charge in [-0.15, -0.1) is 0 Å². The molecular formula is C88H66O8. The highest BCUT2D eigenvalue weighted by molar-refractivity contribution is 6.13. The van der Waals surface area contributed by atoms with E-state index < -0.39 is 0 Å². The van der Waals surface area contributed by atoms with E-state index in [0.29, 0.717) is 34.5 Å². The van der Waals surface area contributed by atoms with Gasteiger partial charge in [0.2, 0.25) is 0 Å². The molecule has 0 aromatic heterocycles. The molecule has 0 bridgehead atoms. The van der Waals surface area contributed by atoms with Gasteiger partial charge in [0.15, 0.2) is 0 Å². The highest BCUT2D eigenvalue weighted by atomic mass is 16.5. The first-order valence-electron chi connectivity index (χ1n) is 32.7. The minimum atomic E-state index is -0.122. The summed E-state index contributed by atoms with van der Waals surface area (Å²) >= 11 is 0. The molecule has 0 saturated heterocycles. The molecule has 8 nitrogen and oxygen atoms in total. The molecule has 0 fully saturated rings. The van der Waals surface area contributed by atoms with Crippen LogP contribution in [0.25, 0.3) is 142 Å². The third-order valence-corrected chi connectivity index (χ3v) is 18.3. The van der Waals surface area contributed by atoms with Crippen molar-refractivity contribution in [3.8, 4) is 90.1 Å². The quantitative estimate of drug-likeness (QED) is 0.0687. The summed E-state index contributed by atoms with van der Waals surface area (Å²) in [6.45, 7) is 0.847. The normalized spacial score (nSPS) is 11.6. The Morgan fingerprint density at radius 1 is 0.177 bits per heavy atom. The van der Waals surface area contributed by atoms with Crippen LogP contribution in [0.3, 0.4) is 0 Å². The smallest absolute Gasteiger partial charge is 0.128 e. The molecule has 0 aliphatic heterocycles. The summed E-state index contributed by atoms with van der Waals surface area (Å²) in [5.74, 6) is 4.01. The molecule has 0 radical (unpaired) electrons. The number of rotatable bonds is 21. The van der Waals surface area contributed by atoms with Crippen molar-refractivity contribution < 1.29 is 38.6 Å². The summed E-state index contributed by atoms with van der Waals surface area (Å²) in [5.41, 5.74) is 9.80. The molecule has 0 aliphatic rings. The molecule has 0 amide bonds. The molecule has 8 heteroatoms. The second-order valence-electron chi connectivity index (χ2n) is 24.1. The van der Waals surface area contributed by atoms with E-state index in [1.807, 2.05) is 72.8 Å². The van der Waals surface area contributed by atoms with Crippen molar-refractivity contribution in [3.63, 3.8) is 0 Å². The van der Waals surface area contributed by atoms with E-state index in [9.17, 15) is 10.2 Å². The van der Waals surface area contributed by atoms with Crippen LogP contribution in [0.15, 0.2) is 291 Å². The van der Waals surface area contributed by atoms with Gasteiger partial charge in [0, 0.05) is 33.4 Å². The lowest BCUT2D eigenvalue weighted by Crippen LogP contribution is -2.12. The third kappa shape index (κ3) is 11.4. The van der Waals surface area contributed by atoms with Gasteiger partial charge in [-0.1, -0.05) is 231 Å². The third-order valence-electron chi connectivity index (χ3n) is 18.3. The molecule has 0 atom stereocenters. The van der Waals surface area contributed by atoms with E-state index in [4.69, 9.17) is 28.4 Å². The number of hydrogen-bond donors (Lipinski definition) is 2. The number of ether oxygens (including phenoxy) is 6. The molecule has 0 aliphatic carbocycles.